The van der Waals surface area contributed by atoms with E-state index in [9.17, 15) is 9.18 Å². The van der Waals surface area contributed by atoms with Gasteiger partial charge < -0.3 is 10.2 Å². The standard InChI is InChI=1S/C16H19FN2OS/c1-19(2)15(13-6-7-21-11-13)10-18-16(20)9-12-4-3-5-14(17)8-12/h3-8,11,15H,9-10H2,1-2H3,(H,18,20)/t15-/m1/s1. The second-order valence-corrected chi connectivity index (χ2v) is 5.93. The number of carbonyl (C=O) groups excluding carboxylic acids is 1. The van der Waals surface area contributed by atoms with Gasteiger partial charge >= 0.3 is 0 Å². The van der Waals surface area contributed by atoms with Gasteiger partial charge in [0, 0.05) is 6.54 Å². The van der Waals surface area contributed by atoms with Crippen LogP contribution in [0.4, 0.5) is 4.39 Å². The summed E-state index contributed by atoms with van der Waals surface area (Å²) in [6.07, 6.45) is 0.196. The van der Waals surface area contributed by atoms with Gasteiger partial charge in [-0.3, -0.25) is 4.79 Å². The Hall–Kier alpha value is -1.72. The number of benzene rings is 1. The third-order valence-electron chi connectivity index (χ3n) is 3.30. The molecule has 112 valence electrons. The van der Waals surface area contributed by atoms with Gasteiger partial charge in [-0.15, -0.1) is 0 Å². The van der Waals surface area contributed by atoms with Crippen molar-refractivity contribution in [2.75, 3.05) is 20.6 Å². The number of hydrogen-bond acceptors (Lipinski definition) is 3. The fourth-order valence-corrected chi connectivity index (χ4v) is 2.88. The summed E-state index contributed by atoms with van der Waals surface area (Å²) < 4.78 is 13.1. The highest BCUT2D eigenvalue weighted by atomic mass is 32.1. The number of nitrogens with zero attached hydrogens (tertiary/aromatic N) is 1. The zero-order valence-corrected chi connectivity index (χ0v) is 13.0. The highest BCUT2D eigenvalue weighted by Crippen LogP contribution is 2.20. The molecular formula is C16H19FN2OS. The molecule has 0 bridgehead atoms. The maximum atomic E-state index is 13.1. The van der Waals surface area contributed by atoms with Crippen LogP contribution in [0.5, 0.6) is 0 Å². The lowest BCUT2D eigenvalue weighted by Gasteiger charge is -2.24. The lowest BCUT2D eigenvalue weighted by atomic mass is 10.1. The number of halogens is 1. The summed E-state index contributed by atoms with van der Waals surface area (Å²) in [7, 11) is 3.97. The van der Waals surface area contributed by atoms with Crippen LogP contribution in [0.25, 0.3) is 0 Å². The largest absolute Gasteiger partial charge is 0.354 e. The molecule has 0 spiro atoms. The number of likely N-dealkylation sites (N-methyl/N-ethyl adjacent to an activating group) is 1. The van der Waals surface area contributed by atoms with Crippen LogP contribution in [-0.2, 0) is 11.2 Å². The van der Waals surface area contributed by atoms with Crippen LogP contribution in [0.3, 0.4) is 0 Å². The van der Waals surface area contributed by atoms with Crippen molar-refractivity contribution >= 4 is 17.2 Å². The van der Waals surface area contributed by atoms with Crippen molar-refractivity contribution < 1.29 is 9.18 Å². The molecular weight excluding hydrogens is 287 g/mol. The van der Waals surface area contributed by atoms with E-state index in [4.69, 9.17) is 0 Å². The Morgan fingerprint density at radius 2 is 2.19 bits per heavy atom. The van der Waals surface area contributed by atoms with E-state index in [0.29, 0.717) is 12.1 Å². The zero-order chi connectivity index (χ0) is 15.2. The van der Waals surface area contributed by atoms with Crippen LogP contribution in [0.1, 0.15) is 17.2 Å². The summed E-state index contributed by atoms with van der Waals surface area (Å²) >= 11 is 1.64. The fraction of sp³-hybridized carbons (Fsp3) is 0.312. The second kappa shape index (κ2) is 7.33. The summed E-state index contributed by atoms with van der Waals surface area (Å²) in [4.78, 5) is 14.0. The Labute approximate surface area is 128 Å². The molecule has 21 heavy (non-hydrogen) atoms. The molecule has 0 saturated carbocycles. The van der Waals surface area contributed by atoms with E-state index in [2.05, 4.69) is 21.7 Å². The summed E-state index contributed by atoms with van der Waals surface area (Å²) in [6.45, 7) is 0.540. The highest BCUT2D eigenvalue weighted by molar-refractivity contribution is 7.07. The van der Waals surface area contributed by atoms with Crippen molar-refractivity contribution in [1.29, 1.82) is 0 Å². The molecule has 1 N–H and O–H groups in total. The van der Waals surface area contributed by atoms with Crippen LogP contribution in [0, 0.1) is 5.82 Å². The van der Waals surface area contributed by atoms with Crippen molar-refractivity contribution in [2.24, 2.45) is 0 Å². The average molecular weight is 306 g/mol. The van der Waals surface area contributed by atoms with E-state index < -0.39 is 0 Å². The molecule has 1 aromatic carbocycles. The summed E-state index contributed by atoms with van der Waals surface area (Å²) in [5, 5.41) is 7.04. The van der Waals surface area contributed by atoms with E-state index in [0.717, 1.165) is 0 Å². The molecule has 0 radical (unpaired) electrons. The quantitative estimate of drug-likeness (QED) is 0.890. The third kappa shape index (κ3) is 4.65. The SMILES string of the molecule is CN(C)[C@H](CNC(=O)Cc1cccc(F)c1)c1ccsc1. The monoisotopic (exact) mass is 306 g/mol. The van der Waals surface area contributed by atoms with Crippen LogP contribution < -0.4 is 5.32 Å². The predicted molar refractivity (Wildman–Crippen MR) is 83.9 cm³/mol. The maximum Gasteiger partial charge on any atom is 0.224 e. The number of hydrogen-bond donors (Lipinski definition) is 1. The van der Waals surface area contributed by atoms with Gasteiger partial charge in [0.05, 0.1) is 12.5 Å². The summed E-state index contributed by atoms with van der Waals surface area (Å²) in [5.74, 6) is -0.410. The number of carbonyl (C=O) groups is 1. The Kier molecular flexibility index (Phi) is 5.47. The van der Waals surface area contributed by atoms with E-state index in [1.807, 2.05) is 19.5 Å². The molecule has 5 heteroatoms. The minimum atomic E-state index is -0.315. The predicted octanol–water partition coefficient (Wildman–Crippen LogP) is 2.85. The third-order valence-corrected chi connectivity index (χ3v) is 4.00. The van der Waals surface area contributed by atoms with Gasteiger partial charge in [-0.25, -0.2) is 4.39 Å². The van der Waals surface area contributed by atoms with Crippen LogP contribution in [-0.4, -0.2) is 31.4 Å². The Bertz CT molecular complexity index is 584. The Morgan fingerprint density at radius 3 is 2.81 bits per heavy atom. The van der Waals surface area contributed by atoms with E-state index >= 15 is 0 Å². The highest BCUT2D eigenvalue weighted by Gasteiger charge is 2.15. The lowest BCUT2D eigenvalue weighted by molar-refractivity contribution is -0.120. The van der Waals surface area contributed by atoms with Crippen molar-refractivity contribution in [3.63, 3.8) is 0 Å². The first kappa shape index (κ1) is 15.7. The van der Waals surface area contributed by atoms with E-state index in [1.54, 1.807) is 23.5 Å². The van der Waals surface area contributed by atoms with Gasteiger partial charge in [0.25, 0.3) is 0 Å². The molecule has 0 saturated heterocycles. The van der Waals surface area contributed by atoms with Crippen molar-refractivity contribution in [2.45, 2.75) is 12.5 Å². The lowest BCUT2D eigenvalue weighted by Crippen LogP contribution is -2.35. The van der Waals surface area contributed by atoms with Crippen LogP contribution in [0.2, 0.25) is 0 Å². The first-order chi connectivity index (χ1) is 10.1. The number of thiophene rings is 1. The smallest absolute Gasteiger partial charge is 0.224 e. The Morgan fingerprint density at radius 1 is 1.38 bits per heavy atom. The molecule has 1 aromatic heterocycles. The number of rotatable bonds is 6. The van der Waals surface area contributed by atoms with Crippen molar-refractivity contribution in [1.82, 2.24) is 10.2 Å². The summed E-state index contributed by atoms with van der Waals surface area (Å²) in [6, 6.07) is 8.35. The molecule has 1 heterocycles. The van der Waals surface area contributed by atoms with Gasteiger partial charge in [-0.05, 0) is 54.2 Å². The molecule has 0 aliphatic carbocycles. The molecule has 2 rings (SSSR count). The second-order valence-electron chi connectivity index (χ2n) is 5.15. The Balaban J connectivity index is 1.90. The van der Waals surface area contributed by atoms with E-state index in [1.165, 1.54) is 17.7 Å². The van der Waals surface area contributed by atoms with Gasteiger partial charge in [0.2, 0.25) is 5.91 Å². The molecule has 1 atom stereocenters. The van der Waals surface area contributed by atoms with Crippen molar-refractivity contribution in [3.05, 3.63) is 58.0 Å². The van der Waals surface area contributed by atoms with Gasteiger partial charge in [-0.1, -0.05) is 12.1 Å². The van der Waals surface area contributed by atoms with E-state index in [-0.39, 0.29) is 24.2 Å². The molecule has 1 amide bonds. The molecule has 0 aliphatic rings. The molecule has 0 unspecified atom stereocenters. The molecule has 2 aromatic rings. The molecule has 3 nitrogen and oxygen atoms in total. The first-order valence-corrected chi connectivity index (χ1v) is 7.70. The average Bonchev–Trinajstić information content (AvgIpc) is 2.92. The number of amides is 1. The minimum absolute atomic E-state index is 0.0947. The van der Waals surface area contributed by atoms with Gasteiger partial charge in [-0.2, -0.15) is 11.3 Å². The maximum absolute atomic E-state index is 13.1. The van der Waals surface area contributed by atoms with Gasteiger partial charge in [0.1, 0.15) is 5.82 Å². The topological polar surface area (TPSA) is 32.3 Å². The molecule has 0 aliphatic heterocycles. The summed E-state index contributed by atoms with van der Waals surface area (Å²) in [5.41, 5.74) is 1.88. The zero-order valence-electron chi connectivity index (χ0n) is 12.2. The van der Waals surface area contributed by atoms with Crippen LogP contribution in [0.15, 0.2) is 41.1 Å². The van der Waals surface area contributed by atoms with Crippen molar-refractivity contribution in [3.8, 4) is 0 Å². The fourth-order valence-electron chi connectivity index (χ4n) is 2.17. The van der Waals surface area contributed by atoms with Gasteiger partial charge in [0.15, 0.2) is 0 Å². The minimum Gasteiger partial charge on any atom is -0.354 e. The number of nitrogens with one attached hydrogen (secondary N) is 1. The first-order valence-electron chi connectivity index (χ1n) is 6.76. The molecule has 0 fully saturated rings. The normalized spacial score (nSPS) is 12.4. The van der Waals surface area contributed by atoms with Crippen LogP contribution >= 0.6 is 11.3 Å².